The van der Waals surface area contributed by atoms with Crippen LogP contribution in [0.4, 0.5) is 0 Å². The number of aromatic nitrogens is 2. The lowest BCUT2D eigenvalue weighted by Crippen LogP contribution is -2.44. The molecule has 2 aromatic rings. The molecule has 26 heavy (non-hydrogen) atoms. The van der Waals surface area contributed by atoms with Gasteiger partial charge in [0.2, 0.25) is 5.91 Å². The smallest absolute Gasteiger partial charge is 0.261 e. The van der Waals surface area contributed by atoms with E-state index in [2.05, 4.69) is 20.5 Å². The highest BCUT2D eigenvalue weighted by molar-refractivity contribution is 5.80. The summed E-state index contributed by atoms with van der Waals surface area (Å²) in [5.41, 5.74) is 1.62. The molecule has 1 aliphatic rings. The maximum Gasteiger partial charge on any atom is 0.261 e. The fraction of sp³-hybridized carbons (Fsp3) is 0.526. The average molecular weight is 357 g/mol. The molecule has 140 valence electrons. The average Bonchev–Trinajstić information content (AvgIpc) is 2.66. The van der Waals surface area contributed by atoms with Crippen LogP contribution in [0, 0.1) is 6.92 Å². The van der Waals surface area contributed by atoms with Crippen molar-refractivity contribution < 1.29 is 4.79 Å². The molecular weight excluding hydrogens is 330 g/mol. The number of carbonyl (C=O) groups is 1. The number of amides is 1. The molecule has 0 bridgehead atoms. The molecule has 0 aliphatic carbocycles. The third-order valence-corrected chi connectivity index (χ3v) is 4.82. The van der Waals surface area contributed by atoms with Gasteiger partial charge in [0.15, 0.2) is 0 Å². The summed E-state index contributed by atoms with van der Waals surface area (Å²) in [6, 6.07) is 5.58. The van der Waals surface area contributed by atoms with Gasteiger partial charge in [-0.25, -0.2) is 4.98 Å². The standard InChI is InChI=1S/C19H27N5O2/c1-15-4-2-5-16-18(15)22-14-24(19(16)26)11-6-17(25)21-7-3-10-23-12-8-20-9-13-23/h2,4-5,14,20H,3,6-13H2,1H3,(H,21,25). The van der Waals surface area contributed by atoms with Crippen LogP contribution in [-0.4, -0.2) is 59.6 Å². The first-order valence-electron chi connectivity index (χ1n) is 9.30. The normalized spacial score (nSPS) is 15.3. The van der Waals surface area contributed by atoms with E-state index in [1.165, 1.54) is 10.9 Å². The Balaban J connectivity index is 1.45. The minimum absolute atomic E-state index is 0.0263. The second-order valence-corrected chi connectivity index (χ2v) is 6.76. The number of hydrogen-bond acceptors (Lipinski definition) is 5. The van der Waals surface area contributed by atoms with E-state index in [1.807, 2.05) is 19.1 Å². The first-order chi connectivity index (χ1) is 12.6. The van der Waals surface area contributed by atoms with E-state index in [0.717, 1.165) is 50.2 Å². The molecule has 1 aromatic carbocycles. The summed E-state index contributed by atoms with van der Waals surface area (Å²) in [5, 5.41) is 6.87. The minimum atomic E-state index is -0.0924. The Kier molecular flexibility index (Phi) is 6.35. The van der Waals surface area contributed by atoms with Crippen molar-refractivity contribution in [3.8, 4) is 0 Å². The van der Waals surface area contributed by atoms with Crippen LogP contribution < -0.4 is 16.2 Å². The molecule has 0 unspecified atom stereocenters. The first kappa shape index (κ1) is 18.5. The lowest BCUT2D eigenvalue weighted by molar-refractivity contribution is -0.121. The van der Waals surface area contributed by atoms with Crippen molar-refractivity contribution in [2.75, 3.05) is 39.3 Å². The van der Waals surface area contributed by atoms with Crippen molar-refractivity contribution in [1.82, 2.24) is 25.1 Å². The lowest BCUT2D eigenvalue weighted by atomic mass is 10.1. The van der Waals surface area contributed by atoms with Crippen molar-refractivity contribution in [2.45, 2.75) is 26.3 Å². The number of para-hydroxylation sites is 1. The predicted molar refractivity (Wildman–Crippen MR) is 102 cm³/mol. The van der Waals surface area contributed by atoms with Gasteiger partial charge in [0.25, 0.3) is 5.56 Å². The maximum absolute atomic E-state index is 12.5. The molecule has 1 aromatic heterocycles. The Morgan fingerprint density at radius 3 is 2.88 bits per heavy atom. The molecule has 1 saturated heterocycles. The number of rotatable bonds is 7. The van der Waals surface area contributed by atoms with Crippen LogP contribution in [0.2, 0.25) is 0 Å². The molecule has 2 N–H and O–H groups in total. The second-order valence-electron chi connectivity index (χ2n) is 6.76. The number of nitrogens with zero attached hydrogens (tertiary/aromatic N) is 3. The monoisotopic (exact) mass is 357 g/mol. The number of benzene rings is 1. The van der Waals surface area contributed by atoms with E-state index in [1.54, 1.807) is 6.07 Å². The van der Waals surface area contributed by atoms with Crippen molar-refractivity contribution in [1.29, 1.82) is 0 Å². The molecule has 0 radical (unpaired) electrons. The van der Waals surface area contributed by atoms with Crippen LogP contribution in [-0.2, 0) is 11.3 Å². The number of piperazine rings is 1. The number of aryl methyl sites for hydroxylation is 2. The van der Waals surface area contributed by atoms with Gasteiger partial charge in [0.1, 0.15) is 0 Å². The summed E-state index contributed by atoms with van der Waals surface area (Å²) in [7, 11) is 0. The number of hydrogen-bond donors (Lipinski definition) is 2. The Bertz CT molecular complexity index is 811. The third kappa shape index (κ3) is 4.68. The summed E-state index contributed by atoms with van der Waals surface area (Å²) in [4.78, 5) is 31.3. The van der Waals surface area contributed by atoms with Gasteiger partial charge < -0.3 is 15.5 Å². The molecular formula is C19H27N5O2. The summed E-state index contributed by atoms with van der Waals surface area (Å²) in [6.07, 6.45) is 2.77. The molecule has 1 amide bonds. The van der Waals surface area contributed by atoms with E-state index >= 15 is 0 Å². The molecule has 7 nitrogen and oxygen atoms in total. The zero-order valence-corrected chi connectivity index (χ0v) is 15.3. The SMILES string of the molecule is Cc1cccc2c(=O)n(CCC(=O)NCCCN3CCNCC3)cnc12. The predicted octanol–water partition coefficient (Wildman–Crippen LogP) is 0.507. The maximum atomic E-state index is 12.5. The van der Waals surface area contributed by atoms with Gasteiger partial charge >= 0.3 is 0 Å². The topological polar surface area (TPSA) is 79.3 Å². The van der Waals surface area contributed by atoms with Crippen LogP contribution >= 0.6 is 0 Å². The molecule has 0 spiro atoms. The van der Waals surface area contributed by atoms with Gasteiger partial charge in [-0.2, -0.15) is 0 Å². The van der Waals surface area contributed by atoms with Gasteiger partial charge in [-0.1, -0.05) is 12.1 Å². The largest absolute Gasteiger partial charge is 0.356 e. The molecule has 3 rings (SSSR count). The van der Waals surface area contributed by atoms with E-state index in [4.69, 9.17) is 0 Å². The Morgan fingerprint density at radius 1 is 1.27 bits per heavy atom. The number of fused-ring (bicyclic) bond motifs is 1. The Morgan fingerprint density at radius 2 is 2.08 bits per heavy atom. The molecule has 0 saturated carbocycles. The van der Waals surface area contributed by atoms with Crippen molar-refractivity contribution in [2.24, 2.45) is 0 Å². The third-order valence-electron chi connectivity index (χ3n) is 4.82. The first-order valence-corrected chi connectivity index (χ1v) is 9.30. The summed E-state index contributed by atoms with van der Waals surface area (Å²) in [6.45, 7) is 8.20. The number of carbonyl (C=O) groups excluding carboxylic acids is 1. The molecule has 7 heteroatoms. The van der Waals surface area contributed by atoms with Gasteiger partial charge in [-0.05, 0) is 31.5 Å². The molecule has 1 fully saturated rings. The van der Waals surface area contributed by atoms with Gasteiger partial charge in [-0.15, -0.1) is 0 Å². The Labute approximate surface area is 153 Å². The Hall–Kier alpha value is -2.25. The van der Waals surface area contributed by atoms with Crippen LogP contribution in [0.3, 0.4) is 0 Å². The van der Waals surface area contributed by atoms with E-state index in [-0.39, 0.29) is 17.9 Å². The number of nitrogens with one attached hydrogen (secondary N) is 2. The van der Waals surface area contributed by atoms with Crippen LogP contribution in [0.25, 0.3) is 10.9 Å². The van der Waals surface area contributed by atoms with Crippen LogP contribution in [0.15, 0.2) is 29.3 Å². The minimum Gasteiger partial charge on any atom is -0.356 e. The lowest BCUT2D eigenvalue weighted by Gasteiger charge is -2.27. The van der Waals surface area contributed by atoms with Gasteiger partial charge in [-0.3, -0.25) is 14.2 Å². The second kappa shape index (κ2) is 8.91. The van der Waals surface area contributed by atoms with Gasteiger partial charge in [0.05, 0.1) is 17.2 Å². The molecule has 0 atom stereocenters. The fourth-order valence-electron chi connectivity index (χ4n) is 3.27. The van der Waals surface area contributed by atoms with Crippen molar-refractivity contribution in [3.63, 3.8) is 0 Å². The highest BCUT2D eigenvalue weighted by atomic mass is 16.1. The van der Waals surface area contributed by atoms with Gasteiger partial charge in [0, 0.05) is 45.7 Å². The zero-order valence-electron chi connectivity index (χ0n) is 15.3. The van der Waals surface area contributed by atoms with Crippen molar-refractivity contribution in [3.05, 3.63) is 40.4 Å². The molecule has 1 aliphatic heterocycles. The van der Waals surface area contributed by atoms with Crippen LogP contribution in [0.1, 0.15) is 18.4 Å². The summed E-state index contributed by atoms with van der Waals surface area (Å²) >= 11 is 0. The van der Waals surface area contributed by atoms with Crippen molar-refractivity contribution >= 4 is 16.8 Å². The summed E-state index contributed by atoms with van der Waals surface area (Å²) in [5.74, 6) is -0.0263. The van der Waals surface area contributed by atoms with Crippen LogP contribution in [0.5, 0.6) is 0 Å². The zero-order chi connectivity index (χ0) is 18.4. The fourth-order valence-corrected chi connectivity index (χ4v) is 3.27. The highest BCUT2D eigenvalue weighted by Gasteiger charge is 2.10. The highest BCUT2D eigenvalue weighted by Crippen LogP contribution is 2.11. The summed E-state index contributed by atoms with van der Waals surface area (Å²) < 4.78 is 1.52. The van der Waals surface area contributed by atoms with E-state index in [0.29, 0.717) is 18.5 Å². The van der Waals surface area contributed by atoms with E-state index < -0.39 is 0 Å². The quantitative estimate of drug-likeness (QED) is 0.706. The molecule has 2 heterocycles. The van der Waals surface area contributed by atoms with E-state index in [9.17, 15) is 9.59 Å².